The molecule has 21 heavy (non-hydrogen) atoms. The number of thiazole rings is 1. The summed E-state index contributed by atoms with van der Waals surface area (Å²) in [5.41, 5.74) is 0.862. The minimum Gasteiger partial charge on any atom is -0.247 e. The summed E-state index contributed by atoms with van der Waals surface area (Å²) in [7, 11) is -3.62. The first-order chi connectivity index (χ1) is 9.70. The summed E-state index contributed by atoms with van der Waals surface area (Å²) in [6, 6.07) is 4.73. The van der Waals surface area contributed by atoms with E-state index in [0.29, 0.717) is 8.95 Å². The second-order valence-corrected chi connectivity index (χ2v) is 9.29. The van der Waals surface area contributed by atoms with E-state index in [9.17, 15) is 8.42 Å². The van der Waals surface area contributed by atoms with E-state index in [1.54, 1.807) is 18.2 Å². The highest BCUT2D eigenvalue weighted by molar-refractivity contribution is 9.11. The van der Waals surface area contributed by atoms with Crippen molar-refractivity contribution in [2.45, 2.75) is 31.7 Å². The fraction of sp³-hybridized carbons (Fsp3) is 0.308. The summed E-state index contributed by atoms with van der Waals surface area (Å²) in [4.78, 5) is 5.48. The lowest BCUT2D eigenvalue weighted by atomic mass is 10.2. The van der Waals surface area contributed by atoms with E-state index in [-0.39, 0.29) is 10.9 Å². The second kappa shape index (κ2) is 6.45. The molecular formula is C13H14Br2N2O2S2. The fourth-order valence-electron chi connectivity index (χ4n) is 1.98. The molecule has 2 rings (SSSR count). The van der Waals surface area contributed by atoms with Crippen LogP contribution in [0.15, 0.2) is 32.0 Å². The molecule has 0 radical (unpaired) electrons. The monoisotopic (exact) mass is 452 g/mol. The van der Waals surface area contributed by atoms with E-state index in [2.05, 4.69) is 41.6 Å². The Labute approximate surface area is 145 Å². The Morgan fingerprint density at radius 3 is 2.52 bits per heavy atom. The van der Waals surface area contributed by atoms with Crippen LogP contribution in [0.3, 0.4) is 0 Å². The molecule has 0 bridgehead atoms. The minimum atomic E-state index is -3.62. The Morgan fingerprint density at radius 1 is 1.29 bits per heavy atom. The SMILES string of the molecule is Cc1nc(C)c(C(C)NS(=O)(=O)c2cc(Br)ccc2Br)s1. The van der Waals surface area contributed by atoms with Crippen molar-refractivity contribution in [3.05, 3.63) is 42.7 Å². The highest BCUT2D eigenvalue weighted by Crippen LogP contribution is 2.29. The number of hydrogen-bond acceptors (Lipinski definition) is 4. The number of aromatic nitrogens is 1. The van der Waals surface area contributed by atoms with Crippen LogP contribution in [0, 0.1) is 13.8 Å². The Kier molecular flexibility index (Phi) is 5.25. The summed E-state index contributed by atoms with van der Waals surface area (Å²) in [5.74, 6) is 0. The van der Waals surface area contributed by atoms with E-state index < -0.39 is 10.0 Å². The molecule has 0 saturated carbocycles. The van der Waals surface area contributed by atoms with Gasteiger partial charge in [0.15, 0.2) is 0 Å². The maximum Gasteiger partial charge on any atom is 0.242 e. The van der Waals surface area contributed by atoms with Crippen LogP contribution in [-0.4, -0.2) is 13.4 Å². The molecule has 1 unspecified atom stereocenters. The number of aryl methyl sites for hydroxylation is 2. The van der Waals surface area contributed by atoms with Gasteiger partial charge < -0.3 is 0 Å². The zero-order chi connectivity index (χ0) is 15.8. The number of sulfonamides is 1. The molecule has 8 heteroatoms. The molecule has 0 aliphatic heterocycles. The number of nitrogens with zero attached hydrogens (tertiary/aromatic N) is 1. The van der Waals surface area contributed by atoms with Crippen LogP contribution in [0.25, 0.3) is 0 Å². The lowest BCUT2D eigenvalue weighted by molar-refractivity contribution is 0.567. The summed E-state index contributed by atoms with van der Waals surface area (Å²) >= 11 is 8.08. The second-order valence-electron chi connectivity index (χ2n) is 4.60. The van der Waals surface area contributed by atoms with Gasteiger partial charge in [-0.25, -0.2) is 18.1 Å². The van der Waals surface area contributed by atoms with Crippen LogP contribution in [0.4, 0.5) is 0 Å². The number of hydrogen-bond donors (Lipinski definition) is 1. The van der Waals surface area contributed by atoms with Crippen molar-refractivity contribution in [1.29, 1.82) is 0 Å². The summed E-state index contributed by atoms with van der Waals surface area (Å²) < 4.78 is 29.0. The predicted molar refractivity (Wildman–Crippen MR) is 92.2 cm³/mol. The summed E-state index contributed by atoms with van der Waals surface area (Å²) in [5, 5.41) is 0.928. The van der Waals surface area contributed by atoms with Crippen molar-refractivity contribution in [3.8, 4) is 0 Å². The molecule has 0 aliphatic carbocycles. The minimum absolute atomic E-state index is 0.211. The van der Waals surface area contributed by atoms with E-state index in [1.165, 1.54) is 11.3 Å². The Balaban J connectivity index is 2.33. The Morgan fingerprint density at radius 2 is 1.95 bits per heavy atom. The van der Waals surface area contributed by atoms with E-state index >= 15 is 0 Å². The van der Waals surface area contributed by atoms with Gasteiger partial charge in [-0.05, 0) is 54.9 Å². The van der Waals surface area contributed by atoms with Crippen LogP contribution < -0.4 is 4.72 Å². The van der Waals surface area contributed by atoms with Crippen molar-refractivity contribution in [3.63, 3.8) is 0 Å². The van der Waals surface area contributed by atoms with E-state index in [0.717, 1.165) is 15.6 Å². The zero-order valence-corrected chi connectivity index (χ0v) is 16.5. The summed E-state index contributed by atoms with van der Waals surface area (Å²) in [6.07, 6.45) is 0. The molecule has 1 atom stereocenters. The molecule has 1 N–H and O–H groups in total. The van der Waals surface area contributed by atoms with Crippen LogP contribution in [0.1, 0.15) is 28.5 Å². The molecular weight excluding hydrogens is 440 g/mol. The first kappa shape index (κ1) is 17.1. The van der Waals surface area contributed by atoms with Crippen molar-refractivity contribution in [2.24, 2.45) is 0 Å². The van der Waals surface area contributed by atoms with Crippen molar-refractivity contribution >= 4 is 53.2 Å². The van der Waals surface area contributed by atoms with Gasteiger partial charge in [-0.3, -0.25) is 0 Å². The predicted octanol–water partition coefficient (Wildman–Crippen LogP) is 4.32. The fourth-order valence-corrected chi connectivity index (χ4v) is 5.70. The van der Waals surface area contributed by atoms with E-state index in [1.807, 2.05) is 20.8 Å². The third-order valence-electron chi connectivity index (χ3n) is 2.85. The van der Waals surface area contributed by atoms with E-state index in [4.69, 9.17) is 0 Å². The third kappa shape index (κ3) is 3.92. The zero-order valence-electron chi connectivity index (χ0n) is 11.6. The number of rotatable bonds is 4. The highest BCUT2D eigenvalue weighted by Gasteiger charge is 2.23. The van der Waals surface area contributed by atoms with Crippen LogP contribution in [-0.2, 0) is 10.0 Å². The maximum atomic E-state index is 12.5. The van der Waals surface area contributed by atoms with Gasteiger partial charge >= 0.3 is 0 Å². The van der Waals surface area contributed by atoms with Crippen molar-refractivity contribution in [1.82, 2.24) is 9.71 Å². The highest BCUT2D eigenvalue weighted by atomic mass is 79.9. The molecule has 1 aromatic heterocycles. The molecule has 0 spiro atoms. The quantitative estimate of drug-likeness (QED) is 0.749. The summed E-state index contributed by atoms with van der Waals surface area (Å²) in [6.45, 7) is 5.62. The molecule has 4 nitrogen and oxygen atoms in total. The smallest absolute Gasteiger partial charge is 0.242 e. The van der Waals surface area contributed by atoms with Gasteiger partial charge in [0.1, 0.15) is 0 Å². The van der Waals surface area contributed by atoms with Crippen molar-refractivity contribution < 1.29 is 8.42 Å². The average molecular weight is 454 g/mol. The standard InChI is InChI=1S/C13H14Br2N2O2S2/c1-7-13(20-9(3)16-7)8(2)17-21(18,19)12-6-10(14)4-5-11(12)15/h4-6,8,17H,1-3H3. The van der Waals surface area contributed by atoms with Crippen LogP contribution >= 0.6 is 43.2 Å². The Bertz CT molecular complexity index is 772. The van der Waals surface area contributed by atoms with Crippen LogP contribution in [0.5, 0.6) is 0 Å². The molecule has 114 valence electrons. The first-order valence-electron chi connectivity index (χ1n) is 6.12. The third-order valence-corrected chi connectivity index (χ3v) is 7.13. The maximum absolute atomic E-state index is 12.5. The number of benzene rings is 1. The molecule has 2 aromatic rings. The topological polar surface area (TPSA) is 59.1 Å². The number of halogens is 2. The van der Waals surface area contributed by atoms with Gasteiger partial charge in [-0.1, -0.05) is 15.9 Å². The molecule has 1 heterocycles. The molecule has 0 aliphatic rings. The lowest BCUT2D eigenvalue weighted by Gasteiger charge is -2.14. The molecule has 1 aromatic carbocycles. The van der Waals surface area contributed by atoms with Gasteiger partial charge in [0.2, 0.25) is 10.0 Å². The largest absolute Gasteiger partial charge is 0.247 e. The normalized spacial score (nSPS) is 13.4. The lowest BCUT2D eigenvalue weighted by Crippen LogP contribution is -2.27. The Hall–Kier alpha value is -0.280. The average Bonchev–Trinajstić information content (AvgIpc) is 2.71. The van der Waals surface area contributed by atoms with Crippen LogP contribution in [0.2, 0.25) is 0 Å². The van der Waals surface area contributed by atoms with Gasteiger partial charge in [0.05, 0.1) is 21.6 Å². The number of nitrogens with one attached hydrogen (secondary N) is 1. The molecule has 0 saturated heterocycles. The van der Waals surface area contributed by atoms with Gasteiger partial charge in [-0.2, -0.15) is 0 Å². The molecule has 0 amide bonds. The first-order valence-corrected chi connectivity index (χ1v) is 10.0. The van der Waals surface area contributed by atoms with Crippen molar-refractivity contribution in [2.75, 3.05) is 0 Å². The van der Waals surface area contributed by atoms with Gasteiger partial charge in [0.25, 0.3) is 0 Å². The molecule has 0 fully saturated rings. The van der Waals surface area contributed by atoms with Gasteiger partial charge in [0, 0.05) is 13.8 Å². The van der Waals surface area contributed by atoms with Gasteiger partial charge in [-0.15, -0.1) is 11.3 Å².